The van der Waals surface area contributed by atoms with Crippen LogP contribution in [-0.2, 0) is 0 Å². The van der Waals surface area contributed by atoms with Gasteiger partial charge in [0.05, 0.1) is 0 Å². The Hall–Kier alpha value is -9.20. The van der Waals surface area contributed by atoms with Crippen LogP contribution in [0.3, 0.4) is 0 Å². The topological polar surface area (TPSA) is 6.48 Å². The van der Waals surface area contributed by atoms with E-state index in [1.54, 1.807) is 0 Å². The maximum absolute atomic E-state index is 2.36. The summed E-state index contributed by atoms with van der Waals surface area (Å²) >= 11 is 0. The van der Waals surface area contributed by atoms with Gasteiger partial charge in [0, 0.05) is 44.7 Å². The van der Waals surface area contributed by atoms with E-state index in [-0.39, 0.29) is 0 Å². The molecule has 73 heavy (non-hydrogen) atoms. The van der Waals surface area contributed by atoms with Crippen LogP contribution in [0.2, 0.25) is 0 Å². The molecular weight excluding hydrogens is 900 g/mol. The molecule has 1 aromatic heterocycles. The summed E-state index contributed by atoms with van der Waals surface area (Å²) in [5, 5.41) is 4.02. The van der Waals surface area contributed by atoms with Crippen LogP contribution in [0.25, 0.3) is 71.5 Å². The van der Waals surface area contributed by atoms with Crippen molar-refractivity contribution in [2.45, 2.75) is 0 Å². The fourth-order valence-electron chi connectivity index (χ4n) is 9.93. The summed E-state index contributed by atoms with van der Waals surface area (Å²) in [5.74, 6) is 0. The van der Waals surface area contributed by atoms with Crippen molar-refractivity contribution < 1.29 is 0 Å². The molecule has 0 aliphatic heterocycles. The minimum atomic E-state index is -0.853. The molecule has 0 radical (unpaired) electrons. The highest BCUT2D eigenvalue weighted by Gasteiger charge is 2.19. The number of nitrogens with zero attached hydrogens (tertiary/aromatic N) is 2. The zero-order valence-electron chi connectivity index (χ0n) is 40.3. The second kappa shape index (κ2) is 20.6. The van der Waals surface area contributed by atoms with Crippen LogP contribution in [0.5, 0.6) is 0 Å². The molecule has 0 atom stereocenters. The Bertz CT molecular complexity index is 3290. The lowest BCUT2D eigenvalue weighted by Crippen LogP contribution is -2.09. The van der Waals surface area contributed by atoms with E-state index >= 15 is 0 Å². The molecule has 0 fully saturated rings. The first kappa shape index (κ1) is 45.0. The summed E-state index contributed by atoms with van der Waals surface area (Å²) < 4.78 is 0. The van der Waals surface area contributed by atoms with Gasteiger partial charge in [-0.1, -0.05) is 232 Å². The first-order chi connectivity index (χ1) is 36.2. The smallest absolute Gasteiger partial charge is 0.0462 e. The monoisotopic (exact) mass is 950 g/mol. The number of hydrogen-bond donors (Lipinski definition) is 0. The average Bonchev–Trinajstić information content (AvgIpc) is 3.93. The molecule has 0 aliphatic carbocycles. The quantitative estimate of drug-likeness (QED) is 0.114. The molecule has 3 heteroatoms. The maximum Gasteiger partial charge on any atom is 0.0462 e. The molecule has 0 spiro atoms. The van der Waals surface area contributed by atoms with Crippen LogP contribution in [0.4, 0.5) is 34.1 Å². The summed E-state index contributed by atoms with van der Waals surface area (Å²) in [6.07, 6.45) is 0. The van der Waals surface area contributed by atoms with E-state index in [2.05, 4.69) is 319 Å². The van der Waals surface area contributed by atoms with Gasteiger partial charge in [-0.2, -0.15) is 0 Å². The van der Waals surface area contributed by atoms with Crippen LogP contribution in [0.15, 0.2) is 309 Å². The Morgan fingerprint density at radius 3 is 0.589 bits per heavy atom. The van der Waals surface area contributed by atoms with Crippen molar-refractivity contribution in [2.24, 2.45) is 0 Å². The van der Waals surface area contributed by atoms with Crippen molar-refractivity contribution in [3.05, 3.63) is 309 Å². The summed E-state index contributed by atoms with van der Waals surface area (Å²) in [5.41, 5.74) is 18.7. The highest BCUT2D eigenvalue weighted by Crippen LogP contribution is 2.57. The second-order valence-electron chi connectivity index (χ2n) is 18.2. The summed E-state index contributed by atoms with van der Waals surface area (Å²) in [6, 6.07) is 112. The SMILES string of the molecule is c1ccc(-c2ccc(N(c3ccc(-c4ccccc4)cc3)c3ccc(-c4ccc(-c5ccc(N(c6ccc(-c7ccccc7)cc6)c6ccc(-c7ccccc7)cc6)cc5)p4-c4ccccc4)cc3)cc2)cc1. The first-order valence-corrected chi connectivity index (χ1v) is 26.2. The van der Waals surface area contributed by atoms with E-state index in [0.29, 0.717) is 0 Å². The normalized spacial score (nSPS) is 11.0. The van der Waals surface area contributed by atoms with Crippen molar-refractivity contribution in [1.82, 2.24) is 0 Å². The zero-order valence-corrected chi connectivity index (χ0v) is 41.2. The predicted octanol–water partition coefficient (Wildman–Crippen LogP) is 20.6. The van der Waals surface area contributed by atoms with Crippen LogP contribution in [-0.4, -0.2) is 0 Å². The Balaban J connectivity index is 0.890. The largest absolute Gasteiger partial charge is 0.311 e. The van der Waals surface area contributed by atoms with Crippen molar-refractivity contribution >= 4 is 41.7 Å². The highest BCUT2D eigenvalue weighted by molar-refractivity contribution is 7.63. The Kier molecular flexibility index (Phi) is 12.7. The number of anilines is 6. The molecule has 346 valence electrons. The minimum Gasteiger partial charge on any atom is -0.311 e. The molecule has 2 nitrogen and oxygen atoms in total. The molecule has 0 bridgehead atoms. The van der Waals surface area contributed by atoms with Crippen molar-refractivity contribution in [3.63, 3.8) is 0 Å². The molecular formula is C70H51N2P. The first-order valence-electron chi connectivity index (χ1n) is 24.9. The van der Waals surface area contributed by atoms with Crippen LogP contribution >= 0.6 is 7.53 Å². The van der Waals surface area contributed by atoms with Crippen LogP contribution < -0.4 is 9.80 Å². The Labute approximate surface area is 430 Å². The second-order valence-corrected chi connectivity index (χ2v) is 20.3. The molecule has 0 saturated heterocycles. The van der Waals surface area contributed by atoms with Gasteiger partial charge in [-0.3, -0.25) is 0 Å². The Morgan fingerprint density at radius 2 is 0.356 bits per heavy atom. The molecule has 0 aliphatic rings. The lowest BCUT2D eigenvalue weighted by molar-refractivity contribution is 1.28. The third-order valence-electron chi connectivity index (χ3n) is 13.7. The third-order valence-corrected chi connectivity index (χ3v) is 16.3. The lowest BCUT2D eigenvalue weighted by atomic mass is 10.0. The van der Waals surface area contributed by atoms with E-state index in [9.17, 15) is 0 Å². The maximum atomic E-state index is 2.36. The van der Waals surface area contributed by atoms with E-state index < -0.39 is 7.53 Å². The highest BCUT2D eigenvalue weighted by atomic mass is 31.1. The molecule has 0 N–H and O–H groups in total. The molecule has 0 unspecified atom stereocenters. The minimum absolute atomic E-state index is 0.853. The summed E-state index contributed by atoms with van der Waals surface area (Å²) in [7, 11) is -0.853. The summed E-state index contributed by atoms with van der Waals surface area (Å²) in [4.78, 5) is 4.72. The van der Waals surface area contributed by atoms with Gasteiger partial charge in [0.1, 0.15) is 0 Å². The fraction of sp³-hybridized carbons (Fsp3) is 0. The van der Waals surface area contributed by atoms with Gasteiger partial charge in [0.15, 0.2) is 0 Å². The Morgan fingerprint density at radius 1 is 0.164 bits per heavy atom. The molecule has 11 aromatic carbocycles. The average molecular weight is 951 g/mol. The number of hydrogen-bond acceptors (Lipinski definition) is 2. The van der Waals surface area contributed by atoms with E-state index in [1.165, 1.54) is 71.5 Å². The van der Waals surface area contributed by atoms with Gasteiger partial charge >= 0.3 is 0 Å². The van der Waals surface area contributed by atoms with E-state index in [4.69, 9.17) is 0 Å². The van der Waals surface area contributed by atoms with Crippen LogP contribution in [0, 0.1) is 0 Å². The predicted molar refractivity (Wildman–Crippen MR) is 312 cm³/mol. The van der Waals surface area contributed by atoms with Gasteiger partial charge in [-0.25, -0.2) is 0 Å². The molecule has 0 amide bonds. The standard InChI is InChI=1S/C70H51N2P/c1-6-16-52(17-7-1)56-26-38-62(39-27-56)71(63-40-28-57(29-41-63)53-18-8-2-9-19-53)66-46-34-60(35-47-66)69-50-51-70(73(69)68-24-14-5-15-25-68)61-36-48-67(49-37-61)72(64-42-30-58(31-43-64)54-20-10-3-11-21-54)65-44-32-59(33-45-65)55-22-12-4-13-23-55/h1-51H. The van der Waals surface area contributed by atoms with Gasteiger partial charge in [0.2, 0.25) is 0 Å². The van der Waals surface area contributed by atoms with Crippen molar-refractivity contribution in [3.8, 4) is 71.5 Å². The molecule has 12 aromatic rings. The van der Waals surface area contributed by atoms with Gasteiger partial charge < -0.3 is 9.80 Å². The molecule has 12 rings (SSSR count). The van der Waals surface area contributed by atoms with Gasteiger partial charge in [0.25, 0.3) is 0 Å². The molecule has 0 saturated carbocycles. The fourth-order valence-corrected chi connectivity index (χ4v) is 12.5. The lowest BCUT2D eigenvalue weighted by Gasteiger charge is -2.26. The van der Waals surface area contributed by atoms with E-state index in [0.717, 1.165) is 34.1 Å². The summed E-state index contributed by atoms with van der Waals surface area (Å²) in [6.45, 7) is 0. The number of rotatable bonds is 13. The number of benzene rings is 11. The van der Waals surface area contributed by atoms with Gasteiger partial charge in [-0.05, 0) is 146 Å². The van der Waals surface area contributed by atoms with Crippen LogP contribution in [0.1, 0.15) is 0 Å². The molecule has 1 heterocycles. The zero-order chi connectivity index (χ0) is 48.8. The van der Waals surface area contributed by atoms with Crippen molar-refractivity contribution in [1.29, 1.82) is 0 Å². The van der Waals surface area contributed by atoms with Crippen molar-refractivity contribution in [2.75, 3.05) is 9.80 Å². The van der Waals surface area contributed by atoms with Gasteiger partial charge in [-0.15, -0.1) is 0 Å². The van der Waals surface area contributed by atoms with E-state index in [1.807, 2.05) is 0 Å². The third kappa shape index (κ3) is 9.56.